The Morgan fingerprint density at radius 1 is 1.20 bits per heavy atom. The molecule has 3 nitrogen and oxygen atoms in total. The van der Waals surface area contributed by atoms with Gasteiger partial charge >= 0.3 is 0 Å². The highest BCUT2D eigenvalue weighted by Gasteiger charge is 2.21. The van der Waals surface area contributed by atoms with Crippen LogP contribution in [0.3, 0.4) is 0 Å². The summed E-state index contributed by atoms with van der Waals surface area (Å²) in [4.78, 5) is 0. The van der Waals surface area contributed by atoms with Gasteiger partial charge in [-0.3, -0.25) is 0 Å². The van der Waals surface area contributed by atoms with Crippen LogP contribution in [0.2, 0.25) is 0 Å². The van der Waals surface area contributed by atoms with Crippen LogP contribution in [0.5, 0.6) is 5.75 Å². The molecule has 0 spiro atoms. The molecule has 0 aliphatic heterocycles. The molecule has 0 radical (unpaired) electrons. The van der Waals surface area contributed by atoms with Gasteiger partial charge in [-0.25, -0.2) is 0 Å². The van der Waals surface area contributed by atoms with E-state index in [1.54, 1.807) is 6.92 Å². The van der Waals surface area contributed by atoms with Gasteiger partial charge in [0.05, 0.1) is 0 Å². The third-order valence-corrected chi connectivity index (χ3v) is 3.34. The zero-order valence-electron chi connectivity index (χ0n) is 13.7. The SMILES string of the molecule is CCNCC(C)(O)COc1ccc(C(C)(C)C)cc1C. The van der Waals surface area contributed by atoms with E-state index in [-0.39, 0.29) is 12.0 Å². The minimum Gasteiger partial charge on any atom is -0.490 e. The second-order valence-corrected chi connectivity index (χ2v) is 6.80. The second-order valence-electron chi connectivity index (χ2n) is 6.80. The molecule has 0 amide bonds. The lowest BCUT2D eigenvalue weighted by Crippen LogP contribution is -2.42. The Hall–Kier alpha value is -1.06. The fraction of sp³-hybridized carbons (Fsp3) is 0.647. The number of rotatable bonds is 6. The van der Waals surface area contributed by atoms with Crippen molar-refractivity contribution in [2.24, 2.45) is 0 Å². The topological polar surface area (TPSA) is 41.5 Å². The van der Waals surface area contributed by atoms with Crippen LogP contribution in [-0.2, 0) is 5.41 Å². The lowest BCUT2D eigenvalue weighted by atomic mass is 9.86. The van der Waals surface area contributed by atoms with Crippen LogP contribution >= 0.6 is 0 Å². The fourth-order valence-corrected chi connectivity index (χ4v) is 1.96. The highest BCUT2D eigenvalue weighted by Crippen LogP contribution is 2.27. The molecule has 1 rings (SSSR count). The molecular weight excluding hydrogens is 250 g/mol. The van der Waals surface area contributed by atoms with Crippen LogP contribution < -0.4 is 10.1 Å². The van der Waals surface area contributed by atoms with E-state index in [4.69, 9.17) is 4.74 Å². The van der Waals surface area contributed by atoms with Gasteiger partial charge in [0.25, 0.3) is 0 Å². The molecule has 20 heavy (non-hydrogen) atoms. The second kappa shape index (κ2) is 6.59. The van der Waals surface area contributed by atoms with E-state index in [0.29, 0.717) is 6.54 Å². The van der Waals surface area contributed by atoms with Crippen molar-refractivity contribution < 1.29 is 9.84 Å². The van der Waals surface area contributed by atoms with Crippen molar-refractivity contribution in [3.63, 3.8) is 0 Å². The van der Waals surface area contributed by atoms with Crippen LogP contribution in [0.15, 0.2) is 18.2 Å². The van der Waals surface area contributed by atoms with E-state index in [9.17, 15) is 5.11 Å². The zero-order chi connectivity index (χ0) is 15.4. The maximum Gasteiger partial charge on any atom is 0.122 e. The van der Waals surface area contributed by atoms with Gasteiger partial charge in [-0.15, -0.1) is 0 Å². The molecule has 0 aliphatic rings. The smallest absolute Gasteiger partial charge is 0.122 e. The van der Waals surface area contributed by atoms with E-state index in [2.05, 4.69) is 38.2 Å². The van der Waals surface area contributed by atoms with E-state index in [1.807, 2.05) is 19.9 Å². The molecule has 0 heterocycles. The van der Waals surface area contributed by atoms with E-state index in [0.717, 1.165) is 17.9 Å². The van der Waals surface area contributed by atoms with Crippen LogP contribution in [0.4, 0.5) is 0 Å². The third kappa shape index (κ3) is 5.14. The summed E-state index contributed by atoms with van der Waals surface area (Å²) in [6.07, 6.45) is 0. The zero-order valence-corrected chi connectivity index (χ0v) is 13.7. The Kier molecular flexibility index (Phi) is 5.60. The average Bonchev–Trinajstić information content (AvgIpc) is 2.34. The van der Waals surface area contributed by atoms with Gasteiger partial charge in [0.1, 0.15) is 18.0 Å². The normalized spacial score (nSPS) is 14.9. The Bertz CT molecular complexity index is 433. The summed E-state index contributed by atoms with van der Waals surface area (Å²) >= 11 is 0. The van der Waals surface area contributed by atoms with E-state index in [1.165, 1.54) is 5.56 Å². The summed E-state index contributed by atoms with van der Waals surface area (Å²) < 4.78 is 5.78. The van der Waals surface area contributed by atoms with Crippen LogP contribution in [0, 0.1) is 6.92 Å². The highest BCUT2D eigenvalue weighted by molar-refractivity contribution is 5.38. The molecule has 1 unspecified atom stereocenters. The summed E-state index contributed by atoms with van der Waals surface area (Å²) in [5, 5.41) is 13.3. The van der Waals surface area contributed by atoms with Crippen molar-refractivity contribution in [3.8, 4) is 5.75 Å². The molecule has 114 valence electrons. The molecule has 0 aliphatic carbocycles. The van der Waals surface area contributed by atoms with Crippen molar-refractivity contribution in [1.82, 2.24) is 5.32 Å². The first-order valence-corrected chi connectivity index (χ1v) is 7.33. The number of likely N-dealkylation sites (N-methyl/N-ethyl adjacent to an activating group) is 1. The quantitative estimate of drug-likeness (QED) is 0.841. The Morgan fingerprint density at radius 2 is 1.85 bits per heavy atom. The molecule has 3 heteroatoms. The molecule has 0 fully saturated rings. The highest BCUT2D eigenvalue weighted by atomic mass is 16.5. The van der Waals surface area contributed by atoms with Crippen molar-refractivity contribution in [3.05, 3.63) is 29.3 Å². The van der Waals surface area contributed by atoms with Gasteiger partial charge in [-0.1, -0.05) is 39.8 Å². The predicted octanol–water partition coefficient (Wildman–Crippen LogP) is 3.03. The Morgan fingerprint density at radius 3 is 2.35 bits per heavy atom. The van der Waals surface area contributed by atoms with E-state index >= 15 is 0 Å². The van der Waals surface area contributed by atoms with Crippen LogP contribution in [0.1, 0.15) is 45.7 Å². The van der Waals surface area contributed by atoms with Crippen LogP contribution in [-0.4, -0.2) is 30.4 Å². The first-order valence-electron chi connectivity index (χ1n) is 7.33. The maximum atomic E-state index is 10.2. The average molecular weight is 279 g/mol. The maximum absolute atomic E-state index is 10.2. The lowest BCUT2D eigenvalue weighted by Gasteiger charge is -2.25. The Balaban J connectivity index is 2.70. The molecule has 0 bridgehead atoms. The Labute approximate surface area is 123 Å². The monoisotopic (exact) mass is 279 g/mol. The standard InChI is InChI=1S/C17H29NO2/c1-7-18-11-17(6,19)12-20-15-9-8-14(10-13(15)2)16(3,4)5/h8-10,18-19H,7,11-12H2,1-6H3. The van der Waals surface area contributed by atoms with E-state index < -0.39 is 5.60 Å². The van der Waals surface area contributed by atoms with Crippen molar-refractivity contribution in [2.75, 3.05) is 19.7 Å². The molecule has 1 aromatic rings. The summed E-state index contributed by atoms with van der Waals surface area (Å²) in [7, 11) is 0. The third-order valence-electron chi connectivity index (χ3n) is 3.34. The van der Waals surface area contributed by atoms with Crippen molar-refractivity contribution in [1.29, 1.82) is 0 Å². The summed E-state index contributed by atoms with van der Waals surface area (Å²) in [6, 6.07) is 6.26. The van der Waals surface area contributed by atoms with Gasteiger partial charge in [0, 0.05) is 6.54 Å². The first kappa shape index (κ1) is 17.0. The van der Waals surface area contributed by atoms with Gasteiger partial charge in [0.15, 0.2) is 0 Å². The number of benzene rings is 1. The van der Waals surface area contributed by atoms with Gasteiger partial charge in [-0.2, -0.15) is 0 Å². The molecule has 1 atom stereocenters. The molecule has 0 aromatic heterocycles. The molecule has 2 N–H and O–H groups in total. The van der Waals surface area contributed by atoms with Crippen molar-refractivity contribution >= 4 is 0 Å². The first-order chi connectivity index (χ1) is 9.15. The van der Waals surface area contributed by atoms with Gasteiger partial charge in [-0.05, 0) is 43.0 Å². The fourth-order valence-electron chi connectivity index (χ4n) is 1.96. The summed E-state index contributed by atoms with van der Waals surface area (Å²) in [5.41, 5.74) is 1.68. The summed E-state index contributed by atoms with van der Waals surface area (Å²) in [6.45, 7) is 14.1. The minimum atomic E-state index is -0.856. The molecular formula is C17H29NO2. The summed E-state index contributed by atoms with van der Waals surface area (Å²) in [5.74, 6) is 0.842. The van der Waals surface area contributed by atoms with Crippen molar-refractivity contribution in [2.45, 2.75) is 52.6 Å². The number of ether oxygens (including phenoxy) is 1. The number of aryl methyl sites for hydroxylation is 1. The predicted molar refractivity (Wildman–Crippen MR) is 84.5 cm³/mol. The van der Waals surface area contributed by atoms with Gasteiger partial charge < -0.3 is 15.2 Å². The van der Waals surface area contributed by atoms with Crippen LogP contribution in [0.25, 0.3) is 0 Å². The largest absolute Gasteiger partial charge is 0.490 e. The number of hydrogen-bond donors (Lipinski definition) is 2. The number of aliphatic hydroxyl groups is 1. The number of hydrogen-bond acceptors (Lipinski definition) is 3. The minimum absolute atomic E-state index is 0.139. The molecule has 1 aromatic carbocycles. The van der Waals surface area contributed by atoms with Gasteiger partial charge in [0.2, 0.25) is 0 Å². The lowest BCUT2D eigenvalue weighted by molar-refractivity contribution is 0.0125. The number of nitrogens with one attached hydrogen (secondary N) is 1. The molecule has 0 saturated carbocycles. The molecule has 0 saturated heterocycles.